The molecular weight excluding hydrogens is 328 g/mol. The summed E-state index contributed by atoms with van der Waals surface area (Å²) in [6.07, 6.45) is 7.29. The SMILES string of the molecule is Cc1cc(C(NN)C2CCOC3(CCCC3)C2)ccc1Br. The molecule has 3 rings (SSSR count). The van der Waals surface area contributed by atoms with E-state index in [4.69, 9.17) is 10.6 Å². The number of rotatable bonds is 3. The first kappa shape index (κ1) is 15.5. The van der Waals surface area contributed by atoms with Gasteiger partial charge >= 0.3 is 0 Å². The maximum Gasteiger partial charge on any atom is 0.0686 e. The van der Waals surface area contributed by atoms with E-state index in [1.54, 1.807) is 0 Å². The van der Waals surface area contributed by atoms with Crippen molar-refractivity contribution in [2.75, 3.05) is 6.61 Å². The molecule has 0 amide bonds. The summed E-state index contributed by atoms with van der Waals surface area (Å²) in [7, 11) is 0. The van der Waals surface area contributed by atoms with E-state index in [1.165, 1.54) is 36.8 Å². The third kappa shape index (κ3) is 3.19. The van der Waals surface area contributed by atoms with E-state index in [-0.39, 0.29) is 11.6 Å². The van der Waals surface area contributed by atoms with Gasteiger partial charge in [-0.3, -0.25) is 11.3 Å². The van der Waals surface area contributed by atoms with E-state index in [1.807, 2.05) is 0 Å². The number of nitrogens with one attached hydrogen (secondary N) is 1. The van der Waals surface area contributed by atoms with Gasteiger partial charge in [-0.2, -0.15) is 0 Å². The number of ether oxygens (including phenoxy) is 1. The summed E-state index contributed by atoms with van der Waals surface area (Å²) in [4.78, 5) is 0. The van der Waals surface area contributed by atoms with Gasteiger partial charge in [0.25, 0.3) is 0 Å². The summed E-state index contributed by atoms with van der Waals surface area (Å²) in [6, 6.07) is 6.77. The average Bonchev–Trinajstić information content (AvgIpc) is 2.91. The van der Waals surface area contributed by atoms with E-state index in [9.17, 15) is 0 Å². The second-order valence-electron chi connectivity index (χ2n) is 6.64. The predicted molar refractivity (Wildman–Crippen MR) is 88.8 cm³/mol. The lowest BCUT2D eigenvalue weighted by molar-refractivity contribution is -0.0982. The van der Waals surface area contributed by atoms with Crippen LogP contribution in [0.15, 0.2) is 22.7 Å². The maximum absolute atomic E-state index is 6.15. The molecule has 1 saturated carbocycles. The summed E-state index contributed by atoms with van der Waals surface area (Å²) in [6.45, 7) is 3.00. The van der Waals surface area contributed by atoms with E-state index < -0.39 is 0 Å². The Morgan fingerprint density at radius 3 is 2.81 bits per heavy atom. The van der Waals surface area contributed by atoms with Gasteiger partial charge in [0.15, 0.2) is 0 Å². The van der Waals surface area contributed by atoms with Gasteiger partial charge in [0.05, 0.1) is 5.60 Å². The van der Waals surface area contributed by atoms with Crippen LogP contribution in [0.4, 0.5) is 0 Å². The first-order chi connectivity index (χ1) is 10.1. The summed E-state index contributed by atoms with van der Waals surface area (Å²) in [5, 5.41) is 0. The van der Waals surface area contributed by atoms with Crippen molar-refractivity contribution in [2.24, 2.45) is 11.8 Å². The van der Waals surface area contributed by atoms with Crippen LogP contribution in [-0.2, 0) is 4.74 Å². The Balaban J connectivity index is 1.80. The van der Waals surface area contributed by atoms with Crippen LogP contribution in [0.2, 0.25) is 0 Å². The normalized spacial score (nSPS) is 26.1. The molecule has 1 spiro atoms. The van der Waals surface area contributed by atoms with E-state index in [0.29, 0.717) is 5.92 Å². The molecule has 3 N–H and O–H groups in total. The molecule has 1 aromatic carbocycles. The number of benzene rings is 1. The smallest absolute Gasteiger partial charge is 0.0686 e. The quantitative estimate of drug-likeness (QED) is 0.638. The monoisotopic (exact) mass is 352 g/mol. The molecule has 1 heterocycles. The van der Waals surface area contributed by atoms with Crippen LogP contribution in [-0.4, -0.2) is 12.2 Å². The Bertz CT molecular complexity index is 500. The molecule has 116 valence electrons. The van der Waals surface area contributed by atoms with Crippen LogP contribution in [0.3, 0.4) is 0 Å². The van der Waals surface area contributed by atoms with Gasteiger partial charge in [-0.05, 0) is 55.7 Å². The van der Waals surface area contributed by atoms with Crippen molar-refractivity contribution in [1.82, 2.24) is 5.43 Å². The highest BCUT2D eigenvalue weighted by Crippen LogP contribution is 2.45. The van der Waals surface area contributed by atoms with Crippen molar-refractivity contribution in [3.63, 3.8) is 0 Å². The third-order valence-electron chi connectivity index (χ3n) is 5.24. The van der Waals surface area contributed by atoms with Crippen LogP contribution < -0.4 is 11.3 Å². The van der Waals surface area contributed by atoms with Gasteiger partial charge in [0, 0.05) is 17.1 Å². The predicted octanol–water partition coefficient (Wildman–Crippen LogP) is 4.00. The average molecular weight is 353 g/mol. The molecule has 2 aliphatic rings. The molecular formula is C17H25BrN2O. The molecule has 0 aromatic heterocycles. The van der Waals surface area contributed by atoms with Crippen LogP contribution in [0, 0.1) is 12.8 Å². The molecule has 1 aliphatic heterocycles. The van der Waals surface area contributed by atoms with Crippen LogP contribution >= 0.6 is 15.9 Å². The largest absolute Gasteiger partial charge is 0.375 e. The molecule has 2 unspecified atom stereocenters. The topological polar surface area (TPSA) is 47.3 Å². The Morgan fingerprint density at radius 1 is 1.38 bits per heavy atom. The van der Waals surface area contributed by atoms with E-state index >= 15 is 0 Å². The Hall–Kier alpha value is -0.420. The number of halogens is 1. The van der Waals surface area contributed by atoms with Crippen molar-refractivity contribution in [3.8, 4) is 0 Å². The van der Waals surface area contributed by atoms with Gasteiger partial charge < -0.3 is 4.74 Å². The van der Waals surface area contributed by atoms with Crippen molar-refractivity contribution in [1.29, 1.82) is 0 Å². The summed E-state index contributed by atoms with van der Waals surface area (Å²) >= 11 is 3.57. The zero-order valence-electron chi connectivity index (χ0n) is 12.7. The fraction of sp³-hybridized carbons (Fsp3) is 0.647. The highest BCUT2D eigenvalue weighted by Gasteiger charge is 2.42. The molecule has 1 aliphatic carbocycles. The fourth-order valence-electron chi connectivity index (χ4n) is 4.08. The van der Waals surface area contributed by atoms with Crippen molar-refractivity contribution in [2.45, 2.75) is 57.1 Å². The summed E-state index contributed by atoms with van der Waals surface area (Å²) < 4.78 is 7.31. The van der Waals surface area contributed by atoms with E-state index in [0.717, 1.165) is 23.9 Å². The van der Waals surface area contributed by atoms with Crippen molar-refractivity contribution in [3.05, 3.63) is 33.8 Å². The molecule has 2 atom stereocenters. The Labute approximate surface area is 135 Å². The number of hydrogen-bond donors (Lipinski definition) is 2. The van der Waals surface area contributed by atoms with Gasteiger partial charge in [-0.15, -0.1) is 0 Å². The van der Waals surface area contributed by atoms with Crippen LogP contribution in [0.25, 0.3) is 0 Å². The Morgan fingerprint density at radius 2 is 2.14 bits per heavy atom. The molecule has 4 heteroatoms. The van der Waals surface area contributed by atoms with Gasteiger partial charge in [-0.25, -0.2) is 0 Å². The first-order valence-electron chi connectivity index (χ1n) is 8.00. The van der Waals surface area contributed by atoms with E-state index in [2.05, 4.69) is 46.5 Å². The minimum absolute atomic E-state index is 0.141. The minimum Gasteiger partial charge on any atom is -0.375 e. The molecule has 1 saturated heterocycles. The number of hydrazine groups is 1. The second-order valence-corrected chi connectivity index (χ2v) is 7.50. The Kier molecular flexibility index (Phi) is 4.69. The number of aryl methyl sites for hydroxylation is 1. The highest BCUT2D eigenvalue weighted by molar-refractivity contribution is 9.10. The highest BCUT2D eigenvalue weighted by atomic mass is 79.9. The standard InChI is InChI=1S/C17H25BrN2O/c1-12-10-13(4-5-15(12)18)16(20-19)14-6-9-21-17(11-14)7-2-3-8-17/h4-5,10,14,16,20H,2-3,6-9,11,19H2,1H3. The zero-order chi connectivity index (χ0) is 14.9. The maximum atomic E-state index is 6.15. The van der Waals surface area contributed by atoms with Crippen LogP contribution in [0.5, 0.6) is 0 Å². The lowest BCUT2D eigenvalue weighted by Gasteiger charge is -2.41. The van der Waals surface area contributed by atoms with Crippen molar-refractivity contribution < 1.29 is 4.74 Å². The summed E-state index contributed by atoms with van der Waals surface area (Å²) in [5.41, 5.74) is 5.76. The van der Waals surface area contributed by atoms with Crippen molar-refractivity contribution >= 4 is 15.9 Å². The number of nitrogens with two attached hydrogens (primary N) is 1. The zero-order valence-corrected chi connectivity index (χ0v) is 14.3. The van der Waals surface area contributed by atoms with Crippen LogP contribution in [0.1, 0.15) is 55.7 Å². The molecule has 21 heavy (non-hydrogen) atoms. The molecule has 1 aromatic rings. The first-order valence-corrected chi connectivity index (χ1v) is 8.79. The fourth-order valence-corrected chi connectivity index (χ4v) is 4.33. The lowest BCUT2D eigenvalue weighted by atomic mass is 9.78. The number of hydrogen-bond acceptors (Lipinski definition) is 3. The van der Waals surface area contributed by atoms with Gasteiger partial charge in [0.2, 0.25) is 0 Å². The molecule has 0 radical (unpaired) electrons. The second kappa shape index (κ2) is 6.37. The summed E-state index contributed by atoms with van der Waals surface area (Å²) in [5.74, 6) is 6.47. The molecule has 3 nitrogen and oxygen atoms in total. The van der Waals surface area contributed by atoms with Gasteiger partial charge in [0.1, 0.15) is 0 Å². The molecule has 2 fully saturated rings. The molecule has 0 bridgehead atoms. The lowest BCUT2D eigenvalue weighted by Crippen LogP contribution is -2.43. The minimum atomic E-state index is 0.141. The van der Waals surface area contributed by atoms with Gasteiger partial charge in [-0.1, -0.05) is 40.9 Å². The third-order valence-corrected chi connectivity index (χ3v) is 6.13.